The van der Waals surface area contributed by atoms with Crippen LogP contribution in [0.2, 0.25) is 0 Å². The van der Waals surface area contributed by atoms with E-state index in [0.29, 0.717) is 34.6 Å². The van der Waals surface area contributed by atoms with Crippen LogP contribution in [0, 0.1) is 18.3 Å². The number of aromatic nitrogens is 3. The van der Waals surface area contributed by atoms with Crippen molar-refractivity contribution in [3.05, 3.63) is 40.6 Å². The second kappa shape index (κ2) is 6.61. The molecule has 3 aromatic rings. The predicted molar refractivity (Wildman–Crippen MR) is 94.5 cm³/mol. The molecule has 8 heteroatoms. The van der Waals surface area contributed by atoms with Crippen molar-refractivity contribution in [2.24, 2.45) is 0 Å². The Morgan fingerprint density at radius 1 is 1.35 bits per heavy atom. The summed E-state index contributed by atoms with van der Waals surface area (Å²) in [7, 11) is 0. The Kier molecular flexibility index (Phi) is 4.49. The van der Waals surface area contributed by atoms with Crippen LogP contribution in [0.5, 0.6) is 5.75 Å². The molecule has 0 aliphatic heterocycles. The first-order valence-electron chi connectivity index (χ1n) is 8.04. The van der Waals surface area contributed by atoms with E-state index in [2.05, 4.69) is 21.4 Å². The number of rotatable bonds is 5. The van der Waals surface area contributed by atoms with E-state index in [1.54, 1.807) is 26.0 Å². The maximum atomic E-state index is 9.85. The molecule has 0 spiro atoms. The number of anilines is 1. The van der Waals surface area contributed by atoms with Crippen molar-refractivity contribution >= 4 is 16.9 Å². The fourth-order valence-electron chi connectivity index (χ4n) is 2.56. The number of ether oxygens (including phenoxy) is 1. The van der Waals surface area contributed by atoms with Crippen molar-refractivity contribution in [2.45, 2.75) is 32.8 Å². The molecule has 1 aromatic carbocycles. The van der Waals surface area contributed by atoms with Gasteiger partial charge in [0.05, 0.1) is 16.9 Å². The number of nitriles is 1. The Morgan fingerprint density at radius 2 is 2.12 bits per heavy atom. The van der Waals surface area contributed by atoms with Gasteiger partial charge in [-0.15, -0.1) is 0 Å². The van der Waals surface area contributed by atoms with E-state index in [1.165, 1.54) is 0 Å². The largest absolute Gasteiger partial charge is 0.489 e. The number of pyridine rings is 1. The molecule has 0 saturated carbocycles. The Labute approximate surface area is 150 Å². The van der Waals surface area contributed by atoms with Crippen LogP contribution in [-0.2, 0) is 6.42 Å². The van der Waals surface area contributed by atoms with Gasteiger partial charge in [0.1, 0.15) is 18.4 Å². The third-order valence-corrected chi connectivity index (χ3v) is 3.89. The molecule has 2 aromatic heterocycles. The fourth-order valence-corrected chi connectivity index (χ4v) is 2.56. The van der Waals surface area contributed by atoms with Gasteiger partial charge in [-0.1, -0.05) is 6.07 Å². The zero-order valence-corrected chi connectivity index (χ0v) is 14.8. The van der Waals surface area contributed by atoms with Gasteiger partial charge in [0.25, 0.3) is 0 Å². The third kappa shape index (κ3) is 3.58. The van der Waals surface area contributed by atoms with E-state index in [0.717, 1.165) is 16.8 Å². The number of nitrogens with zero attached hydrogens (tertiary/aromatic N) is 4. The fraction of sp³-hybridized carbons (Fsp3) is 0.333. The summed E-state index contributed by atoms with van der Waals surface area (Å²) in [5, 5.41) is 26.6. The summed E-state index contributed by atoms with van der Waals surface area (Å²) in [6, 6.07) is 7.38. The van der Waals surface area contributed by atoms with E-state index in [-0.39, 0.29) is 6.61 Å². The summed E-state index contributed by atoms with van der Waals surface area (Å²) in [5.41, 5.74) is 9.31. The Morgan fingerprint density at radius 3 is 2.81 bits per heavy atom. The minimum absolute atomic E-state index is 0.0738. The lowest BCUT2D eigenvalue weighted by molar-refractivity contribution is 0.0283. The van der Waals surface area contributed by atoms with Crippen molar-refractivity contribution in [1.29, 1.82) is 5.26 Å². The van der Waals surface area contributed by atoms with Crippen molar-refractivity contribution in [3.63, 3.8) is 0 Å². The molecule has 0 bridgehead atoms. The molecule has 0 atom stereocenters. The lowest BCUT2D eigenvalue weighted by Crippen LogP contribution is -2.28. The zero-order valence-electron chi connectivity index (χ0n) is 14.8. The lowest BCUT2D eigenvalue weighted by atomic mass is 10.00. The topological polar surface area (TPSA) is 131 Å². The van der Waals surface area contributed by atoms with Gasteiger partial charge in [-0.05, 0) is 48.8 Å². The summed E-state index contributed by atoms with van der Waals surface area (Å²) in [5.74, 6) is 0.417. The van der Waals surface area contributed by atoms with Crippen LogP contribution in [0.3, 0.4) is 0 Å². The van der Waals surface area contributed by atoms with Crippen LogP contribution in [0.25, 0.3) is 11.2 Å². The van der Waals surface area contributed by atoms with Gasteiger partial charge in [-0.3, -0.25) is 0 Å². The monoisotopic (exact) mass is 353 g/mol. The number of hydrogen-bond acceptors (Lipinski definition) is 8. The molecular weight excluding hydrogens is 334 g/mol. The first-order chi connectivity index (χ1) is 12.3. The molecule has 3 rings (SSSR count). The van der Waals surface area contributed by atoms with Crippen LogP contribution in [-0.4, -0.2) is 32.6 Å². The number of aliphatic hydroxyl groups is 1. The number of nitrogens with two attached hydrogens (primary N) is 1. The second-order valence-corrected chi connectivity index (χ2v) is 6.75. The number of aryl methyl sites for hydroxylation is 1. The van der Waals surface area contributed by atoms with Gasteiger partial charge >= 0.3 is 0 Å². The van der Waals surface area contributed by atoms with Crippen LogP contribution in [0.1, 0.15) is 36.2 Å². The van der Waals surface area contributed by atoms with E-state index in [4.69, 9.17) is 15.1 Å². The number of nitrogen functional groups attached to an aromatic ring is 1. The molecule has 3 N–H and O–H groups in total. The Balaban J connectivity index is 1.94. The molecular formula is C18H19N5O3. The first-order valence-corrected chi connectivity index (χ1v) is 8.04. The highest BCUT2D eigenvalue weighted by atomic mass is 16.6. The normalized spacial score (nSPS) is 11.5. The summed E-state index contributed by atoms with van der Waals surface area (Å²) in [6.07, 6.45) is 0.484. The van der Waals surface area contributed by atoms with E-state index in [9.17, 15) is 10.4 Å². The molecule has 0 aliphatic carbocycles. The van der Waals surface area contributed by atoms with Crippen LogP contribution >= 0.6 is 0 Å². The van der Waals surface area contributed by atoms with Crippen molar-refractivity contribution in [1.82, 2.24) is 15.3 Å². The highest BCUT2D eigenvalue weighted by Crippen LogP contribution is 2.28. The highest BCUT2D eigenvalue weighted by Gasteiger charge is 2.17. The maximum absolute atomic E-state index is 9.85. The Hall–Kier alpha value is -3.18. The molecule has 0 radical (unpaired) electrons. The molecule has 0 aliphatic rings. The van der Waals surface area contributed by atoms with Gasteiger partial charge < -0.3 is 15.6 Å². The van der Waals surface area contributed by atoms with Gasteiger partial charge in [0, 0.05) is 17.7 Å². The molecule has 8 nitrogen and oxygen atoms in total. The summed E-state index contributed by atoms with van der Waals surface area (Å²) < 4.78 is 10.3. The highest BCUT2D eigenvalue weighted by molar-refractivity contribution is 5.85. The van der Waals surface area contributed by atoms with Crippen molar-refractivity contribution in [3.8, 4) is 11.8 Å². The smallest absolute Gasteiger partial charge is 0.226 e. The SMILES string of the molecule is Cc1nc2nonc2c(N)c1Cc1ccc(C#N)c(OCC(C)(C)O)c1. The first kappa shape index (κ1) is 17.6. The van der Waals surface area contributed by atoms with Crippen molar-refractivity contribution in [2.75, 3.05) is 12.3 Å². The minimum atomic E-state index is -1.00. The average Bonchev–Trinajstić information content (AvgIpc) is 3.04. The van der Waals surface area contributed by atoms with Crippen LogP contribution in [0.4, 0.5) is 5.69 Å². The predicted octanol–water partition coefficient (Wildman–Crippen LogP) is 2.12. The van der Waals surface area contributed by atoms with Crippen molar-refractivity contribution < 1.29 is 14.5 Å². The molecule has 0 fully saturated rings. The standard InChI is InChI=1S/C18H19N5O3/c1-10-13(15(20)16-17(21-10)23-26-22-16)6-11-4-5-12(8-19)14(7-11)25-9-18(2,3)24/h4-5,7,24H,6,9,20H2,1-3H3. The van der Waals surface area contributed by atoms with Crippen LogP contribution in [0.15, 0.2) is 22.8 Å². The van der Waals surface area contributed by atoms with Gasteiger partial charge in [-0.2, -0.15) is 5.26 Å². The summed E-state index contributed by atoms with van der Waals surface area (Å²) in [6.45, 7) is 5.19. The van der Waals surface area contributed by atoms with Crippen LogP contribution < -0.4 is 10.5 Å². The molecule has 0 amide bonds. The molecule has 0 unspecified atom stereocenters. The lowest BCUT2D eigenvalue weighted by Gasteiger charge is -2.19. The van der Waals surface area contributed by atoms with E-state index in [1.807, 2.05) is 13.0 Å². The zero-order chi connectivity index (χ0) is 18.9. The Bertz CT molecular complexity index is 998. The summed E-state index contributed by atoms with van der Waals surface area (Å²) >= 11 is 0. The molecule has 0 saturated heterocycles. The van der Waals surface area contributed by atoms with Gasteiger partial charge in [0.15, 0.2) is 5.52 Å². The van der Waals surface area contributed by atoms with E-state index < -0.39 is 5.60 Å². The van der Waals surface area contributed by atoms with Gasteiger partial charge in [0.2, 0.25) is 5.65 Å². The number of benzene rings is 1. The third-order valence-electron chi connectivity index (χ3n) is 3.89. The minimum Gasteiger partial charge on any atom is -0.489 e. The quantitative estimate of drug-likeness (QED) is 0.713. The number of hydrogen-bond donors (Lipinski definition) is 2. The maximum Gasteiger partial charge on any atom is 0.226 e. The second-order valence-electron chi connectivity index (χ2n) is 6.75. The molecule has 134 valence electrons. The van der Waals surface area contributed by atoms with E-state index >= 15 is 0 Å². The average molecular weight is 353 g/mol. The number of fused-ring (bicyclic) bond motifs is 1. The molecule has 26 heavy (non-hydrogen) atoms. The molecule has 2 heterocycles. The summed E-state index contributed by atoms with van der Waals surface area (Å²) in [4.78, 5) is 4.35. The van der Waals surface area contributed by atoms with Gasteiger partial charge in [-0.25, -0.2) is 9.61 Å².